The summed E-state index contributed by atoms with van der Waals surface area (Å²) in [7, 11) is 1.56. The minimum absolute atomic E-state index is 0.214. The van der Waals surface area contributed by atoms with Crippen molar-refractivity contribution in [1.29, 1.82) is 0 Å². The lowest BCUT2D eigenvalue weighted by Gasteiger charge is -2.12. The molecular weight excluding hydrogens is 402 g/mol. The fourth-order valence-corrected chi connectivity index (χ4v) is 4.07. The van der Waals surface area contributed by atoms with Crippen LogP contribution in [0.1, 0.15) is 10.4 Å². The van der Waals surface area contributed by atoms with Gasteiger partial charge in [0.25, 0.3) is 5.91 Å². The Kier molecular flexibility index (Phi) is 5.50. The quantitative estimate of drug-likeness (QED) is 0.451. The summed E-state index contributed by atoms with van der Waals surface area (Å²) in [6.45, 7) is 0. The summed E-state index contributed by atoms with van der Waals surface area (Å²) in [5, 5.41) is 6.93. The number of carbonyl (C=O) groups is 1. The number of methoxy groups -OCH3 is 1. The van der Waals surface area contributed by atoms with E-state index in [1.807, 2.05) is 48.5 Å². The molecule has 5 nitrogen and oxygen atoms in total. The third-order valence-electron chi connectivity index (χ3n) is 4.26. The number of nitrogens with zero attached hydrogens (tertiary/aromatic N) is 1. The maximum Gasteiger partial charge on any atom is 0.257 e. The Balaban J connectivity index is 1.53. The highest BCUT2D eigenvalue weighted by Crippen LogP contribution is 2.34. The van der Waals surface area contributed by atoms with Gasteiger partial charge in [0.1, 0.15) is 10.8 Å². The number of para-hydroxylation sites is 2. The van der Waals surface area contributed by atoms with Gasteiger partial charge < -0.3 is 10.1 Å². The molecule has 0 saturated heterocycles. The second kappa shape index (κ2) is 8.38. The Morgan fingerprint density at radius 3 is 2.66 bits per heavy atom. The molecule has 7 heteroatoms. The Morgan fingerprint density at radius 1 is 1.03 bits per heavy atom. The van der Waals surface area contributed by atoms with Crippen LogP contribution in [0.3, 0.4) is 0 Å². The van der Waals surface area contributed by atoms with Crippen LogP contribution in [0.25, 0.3) is 20.8 Å². The molecule has 1 aromatic heterocycles. The summed E-state index contributed by atoms with van der Waals surface area (Å²) >= 11 is 6.97. The molecule has 4 rings (SSSR count). The number of thiazole rings is 1. The predicted molar refractivity (Wildman–Crippen MR) is 122 cm³/mol. The van der Waals surface area contributed by atoms with Crippen LogP contribution in [0.5, 0.6) is 5.75 Å². The van der Waals surface area contributed by atoms with Gasteiger partial charge in [-0.2, -0.15) is 0 Å². The van der Waals surface area contributed by atoms with Gasteiger partial charge in [-0.05, 0) is 54.7 Å². The van der Waals surface area contributed by atoms with Gasteiger partial charge in [0, 0.05) is 11.1 Å². The molecule has 0 aliphatic rings. The fourth-order valence-electron chi connectivity index (χ4n) is 2.86. The first kappa shape index (κ1) is 19.0. The molecule has 1 amide bonds. The van der Waals surface area contributed by atoms with Crippen molar-refractivity contribution in [3.63, 3.8) is 0 Å². The fraction of sp³-hybridized carbons (Fsp3) is 0.0455. The average molecular weight is 420 g/mol. The standard InChI is InChI=1S/C22H17N3O2S2/c1-27-15-8-6-7-14(13-15)20(26)25-22(28)24-17-10-3-2-9-16(17)21-23-18-11-4-5-12-19(18)29-21/h2-13H,1H3,(H2,24,25,26,28). The number of rotatable bonds is 4. The van der Waals surface area contributed by atoms with E-state index in [0.717, 1.165) is 26.5 Å². The highest BCUT2D eigenvalue weighted by Gasteiger charge is 2.13. The Labute approximate surface area is 177 Å². The van der Waals surface area contributed by atoms with Crippen molar-refractivity contribution in [2.75, 3.05) is 12.4 Å². The van der Waals surface area contributed by atoms with Crippen molar-refractivity contribution in [3.05, 3.63) is 78.4 Å². The van der Waals surface area contributed by atoms with E-state index in [1.54, 1.807) is 42.7 Å². The van der Waals surface area contributed by atoms with E-state index in [4.69, 9.17) is 21.9 Å². The molecule has 0 atom stereocenters. The summed E-state index contributed by atoms with van der Waals surface area (Å²) in [5.74, 6) is 0.302. The summed E-state index contributed by atoms with van der Waals surface area (Å²) in [4.78, 5) is 17.2. The van der Waals surface area contributed by atoms with Gasteiger partial charge in [0.15, 0.2) is 5.11 Å². The lowest BCUT2D eigenvalue weighted by Crippen LogP contribution is -2.34. The van der Waals surface area contributed by atoms with Gasteiger partial charge in [-0.1, -0.05) is 30.3 Å². The van der Waals surface area contributed by atoms with Crippen LogP contribution in [-0.4, -0.2) is 23.1 Å². The number of nitrogens with one attached hydrogen (secondary N) is 2. The lowest BCUT2D eigenvalue weighted by molar-refractivity contribution is 0.0977. The van der Waals surface area contributed by atoms with Gasteiger partial charge in [0.2, 0.25) is 0 Å². The number of carbonyl (C=O) groups excluding carboxylic acids is 1. The normalized spacial score (nSPS) is 10.5. The van der Waals surface area contributed by atoms with E-state index in [0.29, 0.717) is 11.3 Å². The van der Waals surface area contributed by atoms with E-state index in [-0.39, 0.29) is 11.0 Å². The molecule has 0 aliphatic heterocycles. The molecule has 0 unspecified atom stereocenters. The minimum Gasteiger partial charge on any atom is -0.497 e. The van der Waals surface area contributed by atoms with E-state index in [2.05, 4.69) is 10.6 Å². The van der Waals surface area contributed by atoms with Crippen LogP contribution in [-0.2, 0) is 0 Å². The maximum absolute atomic E-state index is 12.5. The maximum atomic E-state index is 12.5. The topological polar surface area (TPSA) is 63.2 Å². The van der Waals surface area contributed by atoms with Gasteiger partial charge in [0.05, 0.1) is 23.0 Å². The van der Waals surface area contributed by atoms with Gasteiger partial charge in [-0.3, -0.25) is 10.1 Å². The molecule has 29 heavy (non-hydrogen) atoms. The summed E-state index contributed by atoms with van der Waals surface area (Å²) in [5.41, 5.74) is 3.12. The smallest absolute Gasteiger partial charge is 0.257 e. The minimum atomic E-state index is -0.307. The number of ether oxygens (including phenoxy) is 1. The third-order valence-corrected chi connectivity index (χ3v) is 5.53. The Bertz CT molecular complexity index is 1170. The zero-order valence-electron chi connectivity index (χ0n) is 15.5. The van der Waals surface area contributed by atoms with E-state index in [1.165, 1.54) is 0 Å². The van der Waals surface area contributed by atoms with Crippen molar-refractivity contribution in [1.82, 2.24) is 10.3 Å². The first-order valence-corrected chi connectivity index (χ1v) is 10.1. The number of fused-ring (bicyclic) bond motifs is 1. The predicted octanol–water partition coefficient (Wildman–Crippen LogP) is 5.10. The monoisotopic (exact) mass is 419 g/mol. The number of aromatic nitrogens is 1. The second-order valence-electron chi connectivity index (χ2n) is 6.17. The van der Waals surface area contributed by atoms with Crippen molar-refractivity contribution in [2.24, 2.45) is 0 Å². The summed E-state index contributed by atoms with van der Waals surface area (Å²) in [6.07, 6.45) is 0. The SMILES string of the molecule is COc1cccc(C(=O)NC(=S)Nc2ccccc2-c2nc3ccccc3s2)c1. The number of hydrogen-bond donors (Lipinski definition) is 2. The van der Waals surface area contributed by atoms with E-state index in [9.17, 15) is 4.79 Å². The first-order chi connectivity index (χ1) is 14.1. The molecule has 0 fully saturated rings. The number of hydrogen-bond acceptors (Lipinski definition) is 5. The molecule has 4 aromatic rings. The highest BCUT2D eigenvalue weighted by atomic mass is 32.1. The molecule has 3 aromatic carbocycles. The van der Waals surface area contributed by atoms with Gasteiger partial charge in [-0.15, -0.1) is 11.3 Å². The number of amides is 1. The van der Waals surface area contributed by atoms with Gasteiger partial charge in [-0.25, -0.2) is 4.98 Å². The van der Waals surface area contributed by atoms with E-state index >= 15 is 0 Å². The lowest BCUT2D eigenvalue weighted by atomic mass is 10.2. The number of anilines is 1. The number of benzene rings is 3. The Morgan fingerprint density at radius 2 is 1.83 bits per heavy atom. The van der Waals surface area contributed by atoms with Crippen LogP contribution in [0.15, 0.2) is 72.8 Å². The average Bonchev–Trinajstić information content (AvgIpc) is 3.18. The number of thiocarbonyl (C=S) groups is 1. The zero-order chi connectivity index (χ0) is 20.2. The largest absolute Gasteiger partial charge is 0.497 e. The van der Waals surface area contributed by atoms with Crippen LogP contribution >= 0.6 is 23.6 Å². The molecule has 1 heterocycles. The van der Waals surface area contributed by atoms with Crippen molar-refractivity contribution >= 4 is 50.5 Å². The van der Waals surface area contributed by atoms with Crippen molar-refractivity contribution in [3.8, 4) is 16.3 Å². The summed E-state index contributed by atoms with van der Waals surface area (Å²) < 4.78 is 6.28. The van der Waals surface area contributed by atoms with Crippen LogP contribution < -0.4 is 15.4 Å². The second-order valence-corrected chi connectivity index (χ2v) is 7.61. The summed E-state index contributed by atoms with van der Waals surface area (Å²) in [6, 6.07) is 22.7. The first-order valence-electron chi connectivity index (χ1n) is 8.85. The molecule has 0 aliphatic carbocycles. The molecule has 0 saturated carbocycles. The van der Waals surface area contributed by atoms with Crippen LogP contribution in [0.4, 0.5) is 5.69 Å². The van der Waals surface area contributed by atoms with E-state index < -0.39 is 0 Å². The van der Waals surface area contributed by atoms with Crippen molar-refractivity contribution < 1.29 is 9.53 Å². The molecule has 2 N–H and O–H groups in total. The van der Waals surface area contributed by atoms with Crippen molar-refractivity contribution in [2.45, 2.75) is 0 Å². The molecule has 0 bridgehead atoms. The molecule has 0 radical (unpaired) electrons. The van der Waals surface area contributed by atoms with Crippen LogP contribution in [0, 0.1) is 0 Å². The highest BCUT2D eigenvalue weighted by molar-refractivity contribution is 7.80. The molecule has 0 spiro atoms. The van der Waals surface area contributed by atoms with Gasteiger partial charge >= 0.3 is 0 Å². The van der Waals surface area contributed by atoms with Crippen LogP contribution in [0.2, 0.25) is 0 Å². The molecule has 144 valence electrons. The third kappa shape index (κ3) is 4.26. The Hall–Kier alpha value is -3.29. The molecular formula is C22H17N3O2S2. The zero-order valence-corrected chi connectivity index (χ0v) is 17.1.